The van der Waals surface area contributed by atoms with Crippen LogP contribution < -0.4 is 0 Å². The molecule has 1 unspecified atom stereocenters. The number of benzene rings is 1. The molecule has 2 aromatic rings. The highest BCUT2D eigenvalue weighted by molar-refractivity contribution is 7.18. The van der Waals surface area contributed by atoms with Crippen LogP contribution in [-0.2, 0) is 6.54 Å². The molecule has 3 nitrogen and oxygen atoms in total. The van der Waals surface area contributed by atoms with Crippen LogP contribution in [-0.4, -0.2) is 34.7 Å². The summed E-state index contributed by atoms with van der Waals surface area (Å²) in [6, 6.07) is 7.23. The van der Waals surface area contributed by atoms with Gasteiger partial charge in [0.15, 0.2) is 0 Å². The highest BCUT2D eigenvalue weighted by Crippen LogP contribution is 2.26. The molecule has 0 saturated carbocycles. The molecule has 1 aliphatic rings. The van der Waals surface area contributed by atoms with E-state index >= 15 is 0 Å². The van der Waals surface area contributed by atoms with Crippen molar-refractivity contribution in [3.8, 4) is 0 Å². The average molecular weight is 330 g/mol. The number of thiazole rings is 1. The quantitative estimate of drug-likeness (QED) is 0.792. The molecule has 0 amide bonds. The smallest absolute Gasteiger partial charge is 0.108 e. The molecule has 0 aliphatic carbocycles. The largest absolute Gasteiger partial charge is 0.295 e. The van der Waals surface area contributed by atoms with Gasteiger partial charge in [0, 0.05) is 18.3 Å². The molecule has 0 saturated heterocycles. The van der Waals surface area contributed by atoms with Crippen molar-refractivity contribution in [2.75, 3.05) is 13.1 Å². The predicted octanol–water partition coefficient (Wildman–Crippen LogP) is 4.75. The first-order valence-corrected chi connectivity index (χ1v) is 9.55. The summed E-state index contributed by atoms with van der Waals surface area (Å²) in [6.07, 6.45) is 2.35. The van der Waals surface area contributed by atoms with Crippen LogP contribution in [0.1, 0.15) is 51.1 Å². The van der Waals surface area contributed by atoms with Crippen molar-refractivity contribution in [3.63, 3.8) is 0 Å². The van der Waals surface area contributed by atoms with Gasteiger partial charge >= 0.3 is 0 Å². The maximum atomic E-state index is 4.88. The van der Waals surface area contributed by atoms with Gasteiger partial charge in [0.05, 0.1) is 16.8 Å². The van der Waals surface area contributed by atoms with E-state index in [1.807, 2.05) is 11.3 Å². The Labute approximate surface area is 143 Å². The molecule has 0 bridgehead atoms. The number of hydrogen-bond donors (Lipinski definition) is 0. The van der Waals surface area contributed by atoms with E-state index in [-0.39, 0.29) is 0 Å². The van der Waals surface area contributed by atoms with Crippen molar-refractivity contribution >= 4 is 27.3 Å². The maximum absolute atomic E-state index is 4.88. The van der Waals surface area contributed by atoms with E-state index in [4.69, 9.17) is 9.98 Å². The lowest BCUT2D eigenvalue weighted by Gasteiger charge is -2.23. The Bertz CT molecular complexity index is 702. The Kier molecular flexibility index (Phi) is 5.12. The van der Waals surface area contributed by atoms with Gasteiger partial charge in [0.25, 0.3) is 0 Å². The first kappa shape index (κ1) is 16.6. The summed E-state index contributed by atoms with van der Waals surface area (Å²) in [5.74, 6) is 0.726. The summed E-state index contributed by atoms with van der Waals surface area (Å²) in [4.78, 5) is 12.1. The van der Waals surface area contributed by atoms with Gasteiger partial charge in [-0.3, -0.25) is 9.89 Å². The highest BCUT2D eigenvalue weighted by atomic mass is 32.1. The zero-order valence-electron chi connectivity index (χ0n) is 14.7. The summed E-state index contributed by atoms with van der Waals surface area (Å²) in [5, 5.41) is 1.21. The van der Waals surface area contributed by atoms with Crippen LogP contribution in [0.2, 0.25) is 0 Å². The van der Waals surface area contributed by atoms with Crippen molar-refractivity contribution < 1.29 is 0 Å². The summed E-state index contributed by atoms with van der Waals surface area (Å²) in [5.41, 5.74) is 3.65. The zero-order valence-corrected chi connectivity index (χ0v) is 15.5. The standard InChI is InChI=1S/C19H27N3S/c1-5-22(13(2)3)12-19-21-17-10-15(7-9-18(17)23-19)16-8-6-14(4)11-20-16/h7,9-10,13-14H,5-6,8,11-12H2,1-4H3. The van der Waals surface area contributed by atoms with Crippen LogP contribution in [0.4, 0.5) is 0 Å². The van der Waals surface area contributed by atoms with Crippen molar-refractivity contribution in [3.05, 3.63) is 28.8 Å². The van der Waals surface area contributed by atoms with E-state index in [2.05, 4.69) is 50.8 Å². The first-order valence-electron chi connectivity index (χ1n) is 8.74. The number of aromatic nitrogens is 1. The number of hydrogen-bond acceptors (Lipinski definition) is 4. The van der Waals surface area contributed by atoms with Gasteiger partial charge in [-0.25, -0.2) is 4.98 Å². The minimum absolute atomic E-state index is 0.557. The lowest BCUT2D eigenvalue weighted by Crippen LogP contribution is -2.29. The maximum Gasteiger partial charge on any atom is 0.108 e. The Morgan fingerprint density at radius 3 is 2.83 bits per heavy atom. The van der Waals surface area contributed by atoms with Crippen molar-refractivity contribution in [2.24, 2.45) is 10.9 Å². The normalized spacial score (nSPS) is 18.9. The monoisotopic (exact) mass is 329 g/mol. The van der Waals surface area contributed by atoms with Gasteiger partial charge < -0.3 is 0 Å². The topological polar surface area (TPSA) is 28.5 Å². The molecule has 4 heteroatoms. The number of nitrogens with zero attached hydrogens (tertiary/aromatic N) is 3. The molecule has 2 heterocycles. The Hall–Kier alpha value is -1.26. The van der Waals surface area contributed by atoms with Crippen LogP contribution in [0.25, 0.3) is 10.2 Å². The molecule has 3 rings (SSSR count). The van der Waals surface area contributed by atoms with Gasteiger partial charge in [0.2, 0.25) is 0 Å². The molecule has 124 valence electrons. The molecule has 0 spiro atoms. The Balaban J connectivity index is 1.83. The number of fused-ring (bicyclic) bond motifs is 1. The number of aliphatic imine (C=N–C) groups is 1. The second kappa shape index (κ2) is 7.10. The van der Waals surface area contributed by atoms with E-state index in [1.165, 1.54) is 27.4 Å². The molecule has 1 aliphatic heterocycles. The summed E-state index contributed by atoms with van der Waals surface area (Å²) in [6.45, 7) is 12.0. The summed E-state index contributed by atoms with van der Waals surface area (Å²) < 4.78 is 1.29. The lowest BCUT2D eigenvalue weighted by molar-refractivity contribution is 0.225. The number of rotatable bonds is 5. The van der Waals surface area contributed by atoms with E-state index in [0.717, 1.165) is 37.5 Å². The molecule has 0 fully saturated rings. The summed E-state index contributed by atoms with van der Waals surface area (Å²) >= 11 is 1.82. The third kappa shape index (κ3) is 3.81. The molecular weight excluding hydrogens is 302 g/mol. The van der Waals surface area contributed by atoms with Crippen molar-refractivity contribution in [2.45, 2.75) is 53.1 Å². The van der Waals surface area contributed by atoms with Crippen molar-refractivity contribution in [1.29, 1.82) is 0 Å². The minimum atomic E-state index is 0.557. The van der Waals surface area contributed by atoms with E-state index in [9.17, 15) is 0 Å². The molecule has 0 N–H and O–H groups in total. The van der Waals surface area contributed by atoms with E-state index in [0.29, 0.717) is 6.04 Å². The minimum Gasteiger partial charge on any atom is -0.295 e. The fourth-order valence-corrected chi connectivity index (χ4v) is 4.08. The van der Waals surface area contributed by atoms with E-state index < -0.39 is 0 Å². The Morgan fingerprint density at radius 1 is 1.35 bits per heavy atom. The summed E-state index contributed by atoms with van der Waals surface area (Å²) in [7, 11) is 0. The van der Waals surface area contributed by atoms with Gasteiger partial charge in [-0.1, -0.05) is 19.9 Å². The second-order valence-corrected chi connectivity index (χ2v) is 7.99. The lowest BCUT2D eigenvalue weighted by atomic mass is 9.96. The molecule has 23 heavy (non-hydrogen) atoms. The molecule has 1 aromatic heterocycles. The molecule has 1 aromatic carbocycles. The van der Waals surface area contributed by atoms with Gasteiger partial charge in [-0.05, 0) is 56.8 Å². The highest BCUT2D eigenvalue weighted by Gasteiger charge is 2.15. The van der Waals surface area contributed by atoms with Gasteiger partial charge in [-0.2, -0.15) is 0 Å². The van der Waals surface area contributed by atoms with Gasteiger partial charge in [0.1, 0.15) is 5.01 Å². The average Bonchev–Trinajstić information content (AvgIpc) is 2.94. The molecule has 1 atom stereocenters. The zero-order chi connectivity index (χ0) is 16.4. The van der Waals surface area contributed by atoms with Crippen molar-refractivity contribution in [1.82, 2.24) is 9.88 Å². The third-order valence-corrected chi connectivity index (χ3v) is 5.73. The fraction of sp³-hybridized carbons (Fsp3) is 0.579. The fourth-order valence-electron chi connectivity index (χ4n) is 3.11. The third-order valence-electron chi connectivity index (χ3n) is 4.71. The van der Waals surface area contributed by atoms with E-state index in [1.54, 1.807) is 0 Å². The predicted molar refractivity (Wildman–Crippen MR) is 101 cm³/mol. The van der Waals surface area contributed by atoms with Crippen LogP contribution in [0.15, 0.2) is 23.2 Å². The SMILES string of the molecule is CCN(Cc1nc2cc(C3=NCC(C)CC3)ccc2s1)C(C)C. The van der Waals surface area contributed by atoms with Crippen LogP contribution >= 0.6 is 11.3 Å². The second-order valence-electron chi connectivity index (χ2n) is 6.88. The van der Waals surface area contributed by atoms with Crippen LogP contribution in [0.5, 0.6) is 0 Å². The Morgan fingerprint density at radius 2 is 2.17 bits per heavy atom. The molecule has 0 radical (unpaired) electrons. The molecular formula is C19H27N3S. The van der Waals surface area contributed by atoms with Crippen LogP contribution in [0, 0.1) is 5.92 Å². The van der Waals surface area contributed by atoms with Gasteiger partial charge in [-0.15, -0.1) is 11.3 Å². The van der Waals surface area contributed by atoms with Crippen LogP contribution in [0.3, 0.4) is 0 Å². The first-order chi connectivity index (χ1) is 11.1.